The van der Waals surface area contributed by atoms with Crippen LogP contribution >= 0.6 is 34.8 Å². The lowest BCUT2D eigenvalue weighted by Crippen LogP contribution is -2.04. The molecule has 2 aromatic rings. The Bertz CT molecular complexity index is 693. The molecule has 0 aliphatic carbocycles. The summed E-state index contributed by atoms with van der Waals surface area (Å²) < 4.78 is 6.15. The molecular formula is C20H23Cl3O. The highest BCUT2D eigenvalue weighted by atomic mass is 35.5. The van der Waals surface area contributed by atoms with E-state index in [1.807, 2.05) is 12.1 Å². The molecule has 130 valence electrons. The van der Waals surface area contributed by atoms with Crippen LogP contribution in [0, 0.1) is 0 Å². The maximum atomic E-state index is 6.15. The monoisotopic (exact) mass is 384 g/mol. The largest absolute Gasteiger partial charge is 0.489 e. The molecule has 0 radical (unpaired) electrons. The van der Waals surface area contributed by atoms with Crippen LogP contribution in [0.25, 0.3) is 0 Å². The first-order valence-corrected chi connectivity index (χ1v) is 9.37. The molecule has 0 fully saturated rings. The predicted molar refractivity (Wildman–Crippen MR) is 105 cm³/mol. The van der Waals surface area contributed by atoms with Gasteiger partial charge in [0.15, 0.2) is 0 Å². The maximum Gasteiger partial charge on any atom is 0.133 e. The molecule has 0 aliphatic heterocycles. The highest BCUT2D eigenvalue weighted by molar-refractivity contribution is 6.44. The second kappa shape index (κ2) is 8.47. The molecule has 0 saturated heterocycles. The lowest BCUT2D eigenvalue weighted by molar-refractivity contribution is 0.300. The zero-order valence-electron chi connectivity index (χ0n) is 14.4. The van der Waals surface area contributed by atoms with E-state index in [0.29, 0.717) is 23.5 Å². The lowest BCUT2D eigenvalue weighted by atomic mass is 9.96. The average molecular weight is 386 g/mol. The molecule has 0 aromatic heterocycles. The zero-order chi connectivity index (χ0) is 17.9. The Labute approximate surface area is 159 Å². The Hall–Kier alpha value is -0.890. The first-order chi connectivity index (χ1) is 11.3. The molecule has 0 heterocycles. The Kier molecular flexibility index (Phi) is 6.86. The Balaban J connectivity index is 2.31. The number of hydrogen-bond donors (Lipinski definition) is 0. The molecule has 0 spiro atoms. The SMILES string of the molecule is CC(C)c1ccc(C(C)C)c(OCc2cc(Cl)ccc2C(Cl)Cl)c1. The zero-order valence-corrected chi connectivity index (χ0v) is 16.7. The van der Waals surface area contributed by atoms with Gasteiger partial charge >= 0.3 is 0 Å². The van der Waals surface area contributed by atoms with E-state index in [1.54, 1.807) is 6.07 Å². The Morgan fingerprint density at radius 1 is 0.875 bits per heavy atom. The predicted octanol–water partition coefficient (Wildman–Crippen LogP) is 7.64. The summed E-state index contributed by atoms with van der Waals surface area (Å²) in [6.45, 7) is 9.06. The van der Waals surface area contributed by atoms with Crippen molar-refractivity contribution in [2.24, 2.45) is 0 Å². The first kappa shape index (κ1) is 19.4. The summed E-state index contributed by atoms with van der Waals surface area (Å²) in [6.07, 6.45) is 0. The van der Waals surface area contributed by atoms with E-state index in [1.165, 1.54) is 11.1 Å². The van der Waals surface area contributed by atoms with E-state index < -0.39 is 4.84 Å². The lowest BCUT2D eigenvalue weighted by Gasteiger charge is -2.18. The van der Waals surface area contributed by atoms with Gasteiger partial charge in [0.25, 0.3) is 0 Å². The van der Waals surface area contributed by atoms with Crippen LogP contribution in [0.3, 0.4) is 0 Å². The van der Waals surface area contributed by atoms with Gasteiger partial charge in [-0.15, -0.1) is 23.2 Å². The van der Waals surface area contributed by atoms with Gasteiger partial charge < -0.3 is 4.74 Å². The van der Waals surface area contributed by atoms with Crippen LogP contribution in [0.4, 0.5) is 0 Å². The van der Waals surface area contributed by atoms with Crippen molar-refractivity contribution >= 4 is 34.8 Å². The van der Waals surface area contributed by atoms with Gasteiger partial charge in [-0.1, -0.05) is 57.5 Å². The summed E-state index contributed by atoms with van der Waals surface area (Å²) in [7, 11) is 0. The number of ether oxygens (including phenoxy) is 1. The van der Waals surface area contributed by atoms with Gasteiger partial charge in [0.05, 0.1) is 0 Å². The molecule has 0 saturated carbocycles. The van der Waals surface area contributed by atoms with Gasteiger partial charge in [-0.3, -0.25) is 0 Å². The van der Waals surface area contributed by atoms with E-state index >= 15 is 0 Å². The number of hydrogen-bond acceptors (Lipinski definition) is 1. The molecule has 2 aromatic carbocycles. The van der Waals surface area contributed by atoms with Crippen LogP contribution in [-0.4, -0.2) is 0 Å². The fourth-order valence-corrected chi connectivity index (χ4v) is 3.20. The number of benzene rings is 2. The van der Waals surface area contributed by atoms with Gasteiger partial charge in [0.2, 0.25) is 0 Å². The molecule has 1 nitrogen and oxygen atoms in total. The minimum Gasteiger partial charge on any atom is -0.489 e. The van der Waals surface area contributed by atoms with E-state index in [9.17, 15) is 0 Å². The van der Waals surface area contributed by atoms with Crippen LogP contribution in [-0.2, 0) is 6.61 Å². The molecule has 0 N–H and O–H groups in total. The van der Waals surface area contributed by atoms with Crippen LogP contribution in [0.2, 0.25) is 5.02 Å². The van der Waals surface area contributed by atoms with E-state index in [4.69, 9.17) is 39.5 Å². The third-order valence-electron chi connectivity index (χ3n) is 4.05. The normalized spacial score (nSPS) is 11.6. The van der Waals surface area contributed by atoms with Crippen molar-refractivity contribution in [3.8, 4) is 5.75 Å². The highest BCUT2D eigenvalue weighted by Gasteiger charge is 2.14. The average Bonchev–Trinajstić information content (AvgIpc) is 2.52. The van der Waals surface area contributed by atoms with Crippen LogP contribution in [0.5, 0.6) is 5.75 Å². The summed E-state index contributed by atoms with van der Waals surface area (Å²) >= 11 is 18.2. The molecule has 4 heteroatoms. The second-order valence-electron chi connectivity index (χ2n) is 6.54. The molecule has 0 atom stereocenters. The summed E-state index contributed by atoms with van der Waals surface area (Å²) in [4.78, 5) is -0.604. The van der Waals surface area contributed by atoms with E-state index in [2.05, 4.69) is 45.9 Å². The van der Waals surface area contributed by atoms with Gasteiger partial charge in [0, 0.05) is 5.02 Å². The first-order valence-electron chi connectivity index (χ1n) is 8.12. The van der Waals surface area contributed by atoms with Crippen molar-refractivity contribution in [2.45, 2.75) is 51.0 Å². The van der Waals surface area contributed by atoms with Crippen molar-refractivity contribution in [1.29, 1.82) is 0 Å². The van der Waals surface area contributed by atoms with Crippen molar-refractivity contribution in [3.05, 3.63) is 63.7 Å². The van der Waals surface area contributed by atoms with Crippen molar-refractivity contribution in [2.75, 3.05) is 0 Å². The summed E-state index contributed by atoms with van der Waals surface area (Å²) in [5.41, 5.74) is 4.18. The minimum atomic E-state index is -0.604. The Morgan fingerprint density at radius 2 is 1.54 bits per heavy atom. The molecule has 0 bridgehead atoms. The molecular weight excluding hydrogens is 363 g/mol. The fraction of sp³-hybridized carbons (Fsp3) is 0.400. The van der Waals surface area contributed by atoms with E-state index in [-0.39, 0.29) is 0 Å². The van der Waals surface area contributed by atoms with Crippen molar-refractivity contribution < 1.29 is 4.74 Å². The molecule has 0 unspecified atom stereocenters. The van der Waals surface area contributed by atoms with Gasteiger partial charge in [-0.2, -0.15) is 0 Å². The van der Waals surface area contributed by atoms with Crippen LogP contribution in [0.15, 0.2) is 36.4 Å². The fourth-order valence-electron chi connectivity index (χ4n) is 2.58. The second-order valence-corrected chi connectivity index (χ2v) is 8.07. The summed E-state index contributed by atoms with van der Waals surface area (Å²) in [6, 6.07) is 11.9. The summed E-state index contributed by atoms with van der Waals surface area (Å²) in [5, 5.41) is 0.645. The van der Waals surface area contributed by atoms with Gasteiger partial charge in [-0.25, -0.2) is 0 Å². The van der Waals surface area contributed by atoms with Gasteiger partial charge in [-0.05, 0) is 52.3 Å². The third kappa shape index (κ3) is 4.81. The molecule has 2 rings (SSSR count). The number of alkyl halides is 2. The standard InChI is InChI=1S/C20H23Cl3O/c1-12(2)14-5-7-17(13(3)4)19(10-14)24-11-15-9-16(21)6-8-18(15)20(22)23/h5-10,12-13,20H,11H2,1-4H3. The highest BCUT2D eigenvalue weighted by Crippen LogP contribution is 2.33. The molecule has 0 aliphatic rings. The molecule has 24 heavy (non-hydrogen) atoms. The minimum absolute atomic E-state index is 0.382. The van der Waals surface area contributed by atoms with Crippen molar-refractivity contribution in [3.63, 3.8) is 0 Å². The maximum absolute atomic E-state index is 6.15. The molecule has 0 amide bonds. The third-order valence-corrected chi connectivity index (χ3v) is 4.75. The number of rotatable bonds is 6. The quantitative estimate of drug-likeness (QED) is 0.464. The topological polar surface area (TPSA) is 9.23 Å². The Morgan fingerprint density at radius 3 is 2.12 bits per heavy atom. The smallest absolute Gasteiger partial charge is 0.133 e. The van der Waals surface area contributed by atoms with Gasteiger partial charge in [0.1, 0.15) is 17.2 Å². The van der Waals surface area contributed by atoms with Crippen LogP contribution in [0.1, 0.15) is 66.6 Å². The van der Waals surface area contributed by atoms with Crippen molar-refractivity contribution in [1.82, 2.24) is 0 Å². The summed E-state index contributed by atoms with van der Waals surface area (Å²) in [5.74, 6) is 1.74. The number of halogens is 3. The van der Waals surface area contributed by atoms with Crippen LogP contribution < -0.4 is 4.74 Å². The van der Waals surface area contributed by atoms with E-state index in [0.717, 1.165) is 16.9 Å².